The molecule has 0 spiro atoms. The number of furan rings is 1. The number of para-hydroxylation sites is 1. The van der Waals surface area contributed by atoms with Gasteiger partial charge in [0.1, 0.15) is 11.2 Å². The van der Waals surface area contributed by atoms with Crippen LogP contribution in [0.5, 0.6) is 0 Å². The summed E-state index contributed by atoms with van der Waals surface area (Å²) in [5.74, 6) is 0. The maximum absolute atomic E-state index is 6.29. The fourth-order valence-corrected chi connectivity index (χ4v) is 9.45. The number of hydrogen-bond acceptors (Lipinski definition) is 2. The lowest BCUT2D eigenvalue weighted by atomic mass is 9.93. The molecule has 2 nitrogen and oxygen atoms in total. The van der Waals surface area contributed by atoms with Crippen molar-refractivity contribution < 1.29 is 4.42 Å². The third-order valence-electron chi connectivity index (χ3n) is 12.5. The van der Waals surface area contributed by atoms with Crippen molar-refractivity contribution in [2.24, 2.45) is 0 Å². The van der Waals surface area contributed by atoms with Gasteiger partial charge >= 0.3 is 0 Å². The summed E-state index contributed by atoms with van der Waals surface area (Å²) >= 11 is 0. The lowest BCUT2D eigenvalue weighted by molar-refractivity contribution is 0.669. The Hall–Kier alpha value is -8.20. The van der Waals surface area contributed by atoms with Gasteiger partial charge in [0, 0.05) is 27.7 Å². The van der Waals surface area contributed by atoms with Crippen LogP contribution in [0, 0.1) is 0 Å². The summed E-state index contributed by atoms with van der Waals surface area (Å²) in [6.45, 7) is 0. The molecule has 1 heterocycles. The molecule has 0 aliphatic rings. The van der Waals surface area contributed by atoms with Crippen molar-refractivity contribution in [1.82, 2.24) is 0 Å². The lowest BCUT2D eigenvalue weighted by Gasteiger charge is -2.29. The molecule has 0 amide bonds. The van der Waals surface area contributed by atoms with Crippen LogP contribution in [0.1, 0.15) is 0 Å². The summed E-state index contributed by atoms with van der Waals surface area (Å²) in [4.78, 5) is 2.42. The first-order valence-electron chi connectivity index (χ1n) is 21.2. The summed E-state index contributed by atoms with van der Waals surface area (Å²) in [5, 5.41) is 9.78. The van der Waals surface area contributed by atoms with E-state index in [4.69, 9.17) is 4.42 Å². The van der Waals surface area contributed by atoms with Gasteiger partial charge in [-0.25, -0.2) is 0 Å². The van der Waals surface area contributed by atoms with E-state index in [2.05, 4.69) is 229 Å². The van der Waals surface area contributed by atoms with E-state index in [0.29, 0.717) is 0 Å². The molecule has 0 bridgehead atoms. The lowest BCUT2D eigenvalue weighted by Crippen LogP contribution is -2.11. The maximum atomic E-state index is 6.29. The Bertz CT molecular complexity index is 3610. The van der Waals surface area contributed by atoms with Crippen LogP contribution in [0.3, 0.4) is 0 Å². The predicted octanol–water partition coefficient (Wildman–Crippen LogP) is 17.2. The second kappa shape index (κ2) is 14.8. The highest BCUT2D eigenvalue weighted by atomic mass is 16.3. The van der Waals surface area contributed by atoms with E-state index in [1.807, 2.05) is 12.1 Å². The first-order valence-corrected chi connectivity index (χ1v) is 21.2. The molecular weight excluding hydrogens is 751 g/mol. The molecule has 0 aliphatic heterocycles. The molecule has 12 rings (SSSR count). The second-order valence-corrected chi connectivity index (χ2v) is 16.1. The smallest absolute Gasteiger partial charge is 0.136 e. The van der Waals surface area contributed by atoms with Crippen molar-refractivity contribution in [1.29, 1.82) is 0 Å². The van der Waals surface area contributed by atoms with E-state index in [0.717, 1.165) is 66.8 Å². The molecule has 0 radical (unpaired) electrons. The highest BCUT2D eigenvalue weighted by Gasteiger charge is 2.20. The Morgan fingerprint density at radius 1 is 0.274 bits per heavy atom. The SMILES string of the molecule is c1ccc(-c2ccc(-c3cccc4ccccc34)cc2N(c2ccc(-c3ccc4c(ccc5ccccc54)c3)cc2)c2ccc(-c3cccc4oc5ccccc5c34)cc2)cc1. The van der Waals surface area contributed by atoms with Gasteiger partial charge in [-0.05, 0) is 120 Å². The van der Waals surface area contributed by atoms with Crippen LogP contribution in [0.4, 0.5) is 17.1 Å². The fraction of sp³-hybridized carbons (Fsp3) is 0. The van der Waals surface area contributed by atoms with Gasteiger partial charge in [0.15, 0.2) is 0 Å². The van der Waals surface area contributed by atoms with Crippen molar-refractivity contribution in [3.8, 4) is 44.5 Å². The average molecular weight is 790 g/mol. The van der Waals surface area contributed by atoms with E-state index < -0.39 is 0 Å². The van der Waals surface area contributed by atoms with Gasteiger partial charge in [0.25, 0.3) is 0 Å². The number of fused-ring (bicyclic) bond motifs is 7. The predicted molar refractivity (Wildman–Crippen MR) is 263 cm³/mol. The molecule has 12 aromatic rings. The van der Waals surface area contributed by atoms with E-state index in [1.54, 1.807) is 0 Å². The number of nitrogens with zero attached hydrogens (tertiary/aromatic N) is 1. The zero-order valence-corrected chi connectivity index (χ0v) is 33.9. The fourth-order valence-electron chi connectivity index (χ4n) is 9.45. The highest BCUT2D eigenvalue weighted by Crippen LogP contribution is 2.45. The summed E-state index contributed by atoms with van der Waals surface area (Å²) in [6.07, 6.45) is 0. The number of rotatable bonds is 7. The van der Waals surface area contributed by atoms with Gasteiger partial charge in [-0.2, -0.15) is 0 Å². The quantitative estimate of drug-likeness (QED) is 0.150. The van der Waals surface area contributed by atoms with E-state index in [-0.39, 0.29) is 0 Å². The molecule has 0 unspecified atom stereocenters. The van der Waals surface area contributed by atoms with Gasteiger partial charge in [-0.3, -0.25) is 0 Å². The Kier molecular flexibility index (Phi) is 8.53. The Labute approximate surface area is 360 Å². The topological polar surface area (TPSA) is 16.4 Å². The van der Waals surface area contributed by atoms with Crippen molar-refractivity contribution in [3.05, 3.63) is 237 Å². The summed E-state index contributed by atoms with van der Waals surface area (Å²) < 4.78 is 6.29. The Morgan fingerprint density at radius 3 is 1.63 bits per heavy atom. The summed E-state index contributed by atoms with van der Waals surface area (Å²) in [5.41, 5.74) is 14.4. The molecule has 1 aromatic heterocycles. The van der Waals surface area contributed by atoms with Gasteiger partial charge in [0.2, 0.25) is 0 Å². The largest absolute Gasteiger partial charge is 0.456 e. The maximum Gasteiger partial charge on any atom is 0.136 e. The first kappa shape index (κ1) is 35.7. The zero-order valence-electron chi connectivity index (χ0n) is 33.9. The van der Waals surface area contributed by atoms with Crippen LogP contribution < -0.4 is 4.90 Å². The van der Waals surface area contributed by atoms with Gasteiger partial charge in [-0.15, -0.1) is 0 Å². The second-order valence-electron chi connectivity index (χ2n) is 16.1. The molecule has 0 aliphatic carbocycles. The van der Waals surface area contributed by atoms with Gasteiger partial charge in [0.05, 0.1) is 5.69 Å². The monoisotopic (exact) mass is 789 g/mol. The van der Waals surface area contributed by atoms with Crippen LogP contribution in [0.15, 0.2) is 241 Å². The van der Waals surface area contributed by atoms with Crippen molar-refractivity contribution >= 4 is 71.3 Å². The molecule has 0 N–H and O–H groups in total. The van der Waals surface area contributed by atoms with Crippen molar-refractivity contribution in [3.63, 3.8) is 0 Å². The van der Waals surface area contributed by atoms with Gasteiger partial charge in [-0.1, -0.05) is 188 Å². The normalized spacial score (nSPS) is 11.5. The zero-order chi connectivity index (χ0) is 41.0. The van der Waals surface area contributed by atoms with E-state index >= 15 is 0 Å². The molecule has 0 atom stereocenters. The van der Waals surface area contributed by atoms with E-state index in [9.17, 15) is 0 Å². The number of hydrogen-bond donors (Lipinski definition) is 0. The van der Waals surface area contributed by atoms with Gasteiger partial charge < -0.3 is 9.32 Å². The van der Waals surface area contributed by atoms with Crippen LogP contribution in [-0.4, -0.2) is 0 Å². The van der Waals surface area contributed by atoms with Crippen LogP contribution in [-0.2, 0) is 0 Å². The van der Waals surface area contributed by atoms with Crippen LogP contribution in [0.2, 0.25) is 0 Å². The molecule has 290 valence electrons. The summed E-state index contributed by atoms with van der Waals surface area (Å²) in [6, 6.07) is 85.6. The molecule has 0 saturated carbocycles. The molecule has 2 heteroatoms. The van der Waals surface area contributed by atoms with Crippen molar-refractivity contribution in [2.45, 2.75) is 0 Å². The minimum atomic E-state index is 0.895. The molecule has 62 heavy (non-hydrogen) atoms. The van der Waals surface area contributed by atoms with Crippen LogP contribution >= 0.6 is 0 Å². The van der Waals surface area contributed by atoms with Crippen molar-refractivity contribution in [2.75, 3.05) is 4.90 Å². The summed E-state index contributed by atoms with van der Waals surface area (Å²) in [7, 11) is 0. The standard InChI is InChI=1S/C60H39NO/c1-2-12-42(13-3-1)54-37-31-47(52-20-10-16-41-14-4-6-17-50(41)52)39-57(54)61(49-34-28-44(29-35-49)55-21-11-23-59-60(55)56-19-8-9-22-58(56)62-59)48-32-26-40(27-33-48)45-30-36-53-46(38-45)25-24-43-15-5-7-18-51(43)53/h1-39H. The van der Waals surface area contributed by atoms with E-state index in [1.165, 1.54) is 49.0 Å². The third-order valence-corrected chi connectivity index (χ3v) is 12.5. The number of benzene rings is 11. The molecular formula is C60H39NO. The Balaban J connectivity index is 1.03. The minimum absolute atomic E-state index is 0.895. The number of anilines is 3. The highest BCUT2D eigenvalue weighted by molar-refractivity contribution is 6.12. The average Bonchev–Trinajstić information content (AvgIpc) is 3.74. The third kappa shape index (κ3) is 6.12. The van der Waals surface area contributed by atoms with Crippen LogP contribution in [0.25, 0.3) is 98.8 Å². The Morgan fingerprint density at radius 2 is 0.823 bits per heavy atom. The first-order chi connectivity index (χ1) is 30.7. The molecule has 0 saturated heterocycles. The minimum Gasteiger partial charge on any atom is -0.456 e. The molecule has 11 aromatic carbocycles. The molecule has 0 fully saturated rings.